The van der Waals surface area contributed by atoms with Gasteiger partial charge in [0.25, 0.3) is 0 Å². The first kappa shape index (κ1) is 9.22. The van der Waals surface area contributed by atoms with Gasteiger partial charge in [-0.2, -0.15) is 0 Å². The monoisotopic (exact) mass is 196 g/mol. The van der Waals surface area contributed by atoms with E-state index in [0.29, 0.717) is 0 Å². The van der Waals surface area contributed by atoms with Gasteiger partial charge in [-0.3, -0.25) is 0 Å². The van der Waals surface area contributed by atoms with E-state index in [2.05, 4.69) is 61.5 Å². The normalized spacial score (nSPS) is 10.1. The minimum Gasteiger partial charge on any atom is -0.0631 e. The molecule has 2 rings (SSSR count). The minimum absolute atomic E-state index is 0.773. The Morgan fingerprint density at radius 3 is 2.21 bits per heavy atom. The van der Waals surface area contributed by atoms with Crippen LogP contribution in [0.1, 0.15) is 5.56 Å². The van der Waals surface area contributed by atoms with Crippen LogP contribution in [0.5, 0.6) is 0 Å². The Morgan fingerprint density at radius 1 is 0.786 bits per heavy atom. The van der Waals surface area contributed by atoms with Crippen molar-refractivity contribution in [3.63, 3.8) is 0 Å². The fraction of sp³-hybridized carbons (Fsp3) is 0.0769. The molecular formula is C13H12Si. The third kappa shape index (κ3) is 2.33. The molecular weight excluding hydrogens is 184 g/mol. The molecule has 2 aromatic carbocycles. The van der Waals surface area contributed by atoms with E-state index < -0.39 is 0 Å². The average molecular weight is 196 g/mol. The van der Waals surface area contributed by atoms with Crippen LogP contribution in [0, 0.1) is 6.92 Å². The van der Waals surface area contributed by atoms with Gasteiger partial charge in [-0.25, -0.2) is 0 Å². The Hall–Kier alpha value is -1.34. The standard InChI is InChI=1S/C13H12Si/c1-11-6-5-9-13(10-11)14-12-7-3-2-4-8-12/h2-10H,1H3. The molecule has 0 spiro atoms. The molecule has 0 N–H and O–H groups in total. The molecule has 0 bridgehead atoms. The van der Waals surface area contributed by atoms with Crippen molar-refractivity contribution in [1.82, 2.24) is 0 Å². The van der Waals surface area contributed by atoms with Crippen molar-refractivity contribution in [3.05, 3.63) is 60.2 Å². The lowest BCUT2D eigenvalue weighted by atomic mass is 10.2. The molecule has 0 aromatic heterocycles. The van der Waals surface area contributed by atoms with Gasteiger partial charge in [0.1, 0.15) is 9.52 Å². The lowest BCUT2D eigenvalue weighted by Gasteiger charge is -2.00. The SMILES string of the molecule is Cc1cccc([Si]c2ccccc2)c1. The molecule has 14 heavy (non-hydrogen) atoms. The highest BCUT2D eigenvalue weighted by Crippen LogP contribution is 1.92. The van der Waals surface area contributed by atoms with Crippen molar-refractivity contribution in [2.75, 3.05) is 0 Å². The average Bonchev–Trinajstić information content (AvgIpc) is 2.19. The summed E-state index contributed by atoms with van der Waals surface area (Å²) in [5.41, 5.74) is 1.34. The van der Waals surface area contributed by atoms with Crippen molar-refractivity contribution in [3.8, 4) is 0 Å². The molecule has 0 saturated carbocycles. The van der Waals surface area contributed by atoms with Gasteiger partial charge in [0.05, 0.1) is 0 Å². The van der Waals surface area contributed by atoms with Crippen LogP contribution in [-0.4, -0.2) is 9.52 Å². The first-order valence-corrected chi connectivity index (χ1v) is 5.73. The van der Waals surface area contributed by atoms with Crippen LogP contribution in [0.15, 0.2) is 54.6 Å². The van der Waals surface area contributed by atoms with Gasteiger partial charge in [0.2, 0.25) is 0 Å². The molecule has 0 atom stereocenters. The van der Waals surface area contributed by atoms with E-state index in [-0.39, 0.29) is 0 Å². The van der Waals surface area contributed by atoms with Gasteiger partial charge >= 0.3 is 0 Å². The minimum atomic E-state index is 0.773. The quantitative estimate of drug-likeness (QED) is 0.641. The Balaban J connectivity index is 2.19. The Bertz CT molecular complexity index is 407. The maximum absolute atomic E-state index is 2.26. The highest BCUT2D eigenvalue weighted by atomic mass is 28.2. The fourth-order valence-corrected chi connectivity index (χ4v) is 2.58. The van der Waals surface area contributed by atoms with E-state index in [1.807, 2.05) is 0 Å². The lowest BCUT2D eigenvalue weighted by Crippen LogP contribution is -2.26. The molecule has 0 fully saturated rings. The smallest absolute Gasteiger partial charge is 0.0631 e. The maximum Gasteiger partial charge on any atom is 0.121 e. The summed E-state index contributed by atoms with van der Waals surface area (Å²) in [6.07, 6.45) is 0. The van der Waals surface area contributed by atoms with E-state index in [4.69, 9.17) is 0 Å². The third-order valence-electron chi connectivity index (χ3n) is 2.08. The lowest BCUT2D eigenvalue weighted by molar-refractivity contribution is 1.49. The molecule has 0 nitrogen and oxygen atoms in total. The van der Waals surface area contributed by atoms with Crippen molar-refractivity contribution in [2.24, 2.45) is 0 Å². The summed E-state index contributed by atoms with van der Waals surface area (Å²) >= 11 is 0. The number of rotatable bonds is 2. The van der Waals surface area contributed by atoms with Gasteiger partial charge in [-0.05, 0) is 6.92 Å². The molecule has 0 aliphatic heterocycles. The topological polar surface area (TPSA) is 0 Å². The maximum atomic E-state index is 2.26. The second-order valence-corrected chi connectivity index (χ2v) is 4.77. The molecule has 0 unspecified atom stereocenters. The van der Waals surface area contributed by atoms with E-state index in [9.17, 15) is 0 Å². The first-order valence-electron chi connectivity index (χ1n) is 4.73. The Kier molecular flexibility index (Phi) is 2.80. The van der Waals surface area contributed by atoms with E-state index in [1.54, 1.807) is 0 Å². The molecule has 0 aliphatic rings. The van der Waals surface area contributed by atoms with Gasteiger partial charge in [0, 0.05) is 0 Å². The number of hydrogen-bond acceptors (Lipinski definition) is 0. The molecule has 0 amide bonds. The summed E-state index contributed by atoms with van der Waals surface area (Å²) in [5, 5.41) is 2.81. The molecule has 0 aliphatic carbocycles. The van der Waals surface area contributed by atoms with E-state index in [1.165, 1.54) is 15.9 Å². The summed E-state index contributed by atoms with van der Waals surface area (Å²) in [5.74, 6) is 0. The van der Waals surface area contributed by atoms with Crippen molar-refractivity contribution >= 4 is 19.9 Å². The molecule has 68 valence electrons. The Labute approximate surface area is 87.4 Å². The van der Waals surface area contributed by atoms with E-state index >= 15 is 0 Å². The van der Waals surface area contributed by atoms with Gasteiger partial charge in [-0.15, -0.1) is 0 Å². The van der Waals surface area contributed by atoms with Crippen LogP contribution >= 0.6 is 0 Å². The zero-order valence-corrected chi connectivity index (χ0v) is 9.20. The van der Waals surface area contributed by atoms with Gasteiger partial charge in [0.15, 0.2) is 0 Å². The second-order valence-electron chi connectivity index (χ2n) is 3.36. The highest BCUT2D eigenvalue weighted by Gasteiger charge is 1.96. The number of benzene rings is 2. The van der Waals surface area contributed by atoms with Crippen LogP contribution in [0.4, 0.5) is 0 Å². The summed E-state index contributed by atoms with van der Waals surface area (Å²) in [7, 11) is 0.773. The van der Waals surface area contributed by atoms with Crippen LogP contribution in [0.25, 0.3) is 0 Å². The van der Waals surface area contributed by atoms with Crippen molar-refractivity contribution in [2.45, 2.75) is 6.92 Å². The van der Waals surface area contributed by atoms with Crippen LogP contribution in [0.3, 0.4) is 0 Å². The van der Waals surface area contributed by atoms with Crippen molar-refractivity contribution in [1.29, 1.82) is 0 Å². The zero-order chi connectivity index (χ0) is 9.80. The second kappa shape index (κ2) is 4.25. The van der Waals surface area contributed by atoms with E-state index in [0.717, 1.165) is 9.52 Å². The highest BCUT2D eigenvalue weighted by molar-refractivity contribution is 6.67. The predicted octanol–water partition coefficient (Wildman–Crippen LogP) is 1.65. The summed E-state index contributed by atoms with van der Waals surface area (Å²) in [4.78, 5) is 0. The fourth-order valence-electron chi connectivity index (χ4n) is 1.41. The largest absolute Gasteiger partial charge is 0.121 e. The van der Waals surface area contributed by atoms with Crippen LogP contribution < -0.4 is 10.4 Å². The zero-order valence-electron chi connectivity index (χ0n) is 8.20. The number of aryl methyl sites for hydroxylation is 1. The molecule has 2 radical (unpaired) electrons. The predicted molar refractivity (Wildman–Crippen MR) is 62.6 cm³/mol. The molecule has 1 heteroatoms. The Morgan fingerprint density at radius 2 is 1.50 bits per heavy atom. The molecule has 0 heterocycles. The summed E-state index contributed by atoms with van der Waals surface area (Å²) in [6, 6.07) is 19.3. The van der Waals surface area contributed by atoms with Crippen LogP contribution in [0.2, 0.25) is 0 Å². The molecule has 0 saturated heterocycles. The van der Waals surface area contributed by atoms with Crippen molar-refractivity contribution < 1.29 is 0 Å². The molecule has 2 aromatic rings. The summed E-state index contributed by atoms with van der Waals surface area (Å²) < 4.78 is 0. The first-order chi connectivity index (χ1) is 6.84. The van der Waals surface area contributed by atoms with Crippen LogP contribution in [-0.2, 0) is 0 Å². The third-order valence-corrected chi connectivity index (χ3v) is 3.30. The van der Waals surface area contributed by atoms with Gasteiger partial charge in [-0.1, -0.05) is 70.5 Å². The summed E-state index contributed by atoms with van der Waals surface area (Å²) in [6.45, 7) is 2.14. The number of hydrogen-bond donors (Lipinski definition) is 0. The van der Waals surface area contributed by atoms with Gasteiger partial charge < -0.3 is 0 Å².